The minimum absolute atomic E-state index is 0.0266. The van der Waals surface area contributed by atoms with Crippen molar-refractivity contribution in [1.29, 1.82) is 0 Å². The Bertz CT molecular complexity index is 829. The highest BCUT2D eigenvalue weighted by molar-refractivity contribution is 7.34. The molecule has 0 saturated carbocycles. The van der Waals surface area contributed by atoms with Crippen molar-refractivity contribution in [3.05, 3.63) is 76.8 Å². The monoisotopic (exact) mass is 344 g/mol. The Kier molecular flexibility index (Phi) is 4.59. The fraction of sp³-hybridized carbons (Fsp3) is 0. The van der Waals surface area contributed by atoms with Crippen LogP contribution in [0.15, 0.2) is 66.7 Å². The molecule has 0 bridgehead atoms. The molecule has 0 aliphatic rings. The maximum Gasteiger partial charge on any atom is 0.192 e. The van der Waals surface area contributed by atoms with Gasteiger partial charge in [-0.25, -0.2) is 0 Å². The first kappa shape index (κ1) is 15.2. The van der Waals surface area contributed by atoms with Crippen LogP contribution in [0.3, 0.4) is 0 Å². The second-order valence-corrected chi connectivity index (χ2v) is 6.29. The zero-order valence-corrected chi connectivity index (χ0v) is 13.9. The standard InChI is InChI=1S/C18H11Cl2OP/c19-13-10-8-12(9-11-13)18-15(5-3-7-17(18)22-21)14-4-1-2-6-16(14)20/h1-11H. The van der Waals surface area contributed by atoms with Gasteiger partial charge in [-0.15, -0.1) is 0 Å². The van der Waals surface area contributed by atoms with Gasteiger partial charge in [0.1, 0.15) is 0 Å². The van der Waals surface area contributed by atoms with Crippen LogP contribution in [0.2, 0.25) is 10.0 Å². The van der Waals surface area contributed by atoms with E-state index in [1.54, 1.807) is 0 Å². The molecular weight excluding hydrogens is 334 g/mol. The first-order valence-corrected chi connectivity index (χ1v) is 8.25. The van der Waals surface area contributed by atoms with Crippen molar-refractivity contribution in [3.63, 3.8) is 0 Å². The average Bonchev–Trinajstić information content (AvgIpc) is 2.55. The highest BCUT2D eigenvalue weighted by atomic mass is 35.5. The third-order valence-electron chi connectivity index (χ3n) is 3.44. The Balaban J connectivity index is 2.30. The Hall–Kier alpha value is -1.66. The summed E-state index contributed by atoms with van der Waals surface area (Å²) in [5.41, 5.74) is 3.73. The van der Waals surface area contributed by atoms with Gasteiger partial charge in [0.15, 0.2) is 8.46 Å². The predicted molar refractivity (Wildman–Crippen MR) is 94.6 cm³/mol. The van der Waals surface area contributed by atoms with E-state index >= 15 is 0 Å². The molecule has 3 aromatic rings. The van der Waals surface area contributed by atoms with Crippen molar-refractivity contribution in [2.45, 2.75) is 0 Å². The molecular formula is C18H11Cl2OP. The van der Waals surface area contributed by atoms with Crippen molar-refractivity contribution >= 4 is 37.0 Å². The van der Waals surface area contributed by atoms with Crippen molar-refractivity contribution in [2.75, 3.05) is 0 Å². The summed E-state index contributed by atoms with van der Waals surface area (Å²) in [4.78, 5) is 0. The first-order chi connectivity index (χ1) is 10.7. The molecule has 4 heteroatoms. The average molecular weight is 345 g/mol. The van der Waals surface area contributed by atoms with Gasteiger partial charge in [0.25, 0.3) is 0 Å². The van der Waals surface area contributed by atoms with Gasteiger partial charge in [-0.05, 0) is 35.4 Å². The lowest BCUT2D eigenvalue weighted by atomic mass is 9.94. The molecule has 0 saturated heterocycles. The number of hydrogen-bond donors (Lipinski definition) is 0. The van der Waals surface area contributed by atoms with Gasteiger partial charge in [0.2, 0.25) is 0 Å². The quantitative estimate of drug-likeness (QED) is 0.513. The molecule has 3 aromatic carbocycles. The van der Waals surface area contributed by atoms with E-state index in [1.807, 2.05) is 66.7 Å². The van der Waals surface area contributed by atoms with E-state index < -0.39 is 0 Å². The highest BCUT2D eigenvalue weighted by Gasteiger charge is 2.14. The SMILES string of the molecule is O=Pc1cccc(-c2ccccc2Cl)c1-c1ccc(Cl)cc1. The molecule has 1 nitrogen and oxygen atoms in total. The van der Waals surface area contributed by atoms with Crippen molar-refractivity contribution in [1.82, 2.24) is 0 Å². The second kappa shape index (κ2) is 6.62. The summed E-state index contributed by atoms with van der Waals surface area (Å²) in [5.74, 6) is 0. The van der Waals surface area contributed by atoms with Crippen molar-refractivity contribution in [3.8, 4) is 22.3 Å². The number of hydrogen-bond acceptors (Lipinski definition) is 1. The summed E-state index contributed by atoms with van der Waals surface area (Å²) in [6, 6.07) is 20.9. The molecule has 108 valence electrons. The maximum atomic E-state index is 11.6. The first-order valence-electron chi connectivity index (χ1n) is 6.68. The minimum atomic E-state index is -0.0266. The van der Waals surface area contributed by atoms with Crippen LogP contribution in [0.4, 0.5) is 0 Å². The van der Waals surface area contributed by atoms with Crippen LogP contribution in [-0.4, -0.2) is 0 Å². The van der Waals surface area contributed by atoms with E-state index in [0.717, 1.165) is 27.6 Å². The summed E-state index contributed by atoms with van der Waals surface area (Å²) >= 11 is 12.3. The van der Waals surface area contributed by atoms with E-state index in [-0.39, 0.29) is 8.46 Å². The lowest BCUT2D eigenvalue weighted by Crippen LogP contribution is -2.00. The molecule has 0 amide bonds. The molecule has 0 spiro atoms. The minimum Gasteiger partial charge on any atom is -0.269 e. The molecule has 0 fully saturated rings. The van der Waals surface area contributed by atoms with E-state index in [4.69, 9.17) is 23.2 Å². The van der Waals surface area contributed by atoms with E-state index in [2.05, 4.69) is 0 Å². The normalized spacial score (nSPS) is 10.8. The summed E-state index contributed by atoms with van der Waals surface area (Å²) in [7, 11) is -0.0266. The molecule has 22 heavy (non-hydrogen) atoms. The summed E-state index contributed by atoms with van der Waals surface area (Å²) < 4.78 is 11.6. The summed E-state index contributed by atoms with van der Waals surface area (Å²) in [6.45, 7) is 0. The van der Waals surface area contributed by atoms with Crippen molar-refractivity contribution in [2.24, 2.45) is 0 Å². The lowest BCUT2D eigenvalue weighted by molar-refractivity contribution is 0.603. The van der Waals surface area contributed by atoms with E-state index in [0.29, 0.717) is 10.0 Å². The summed E-state index contributed by atoms with van der Waals surface area (Å²) in [6.07, 6.45) is 0. The Morgan fingerprint density at radius 1 is 0.727 bits per heavy atom. The third-order valence-corrected chi connectivity index (χ3v) is 4.59. The predicted octanol–water partition coefficient (Wildman–Crippen LogP) is 6.24. The summed E-state index contributed by atoms with van der Waals surface area (Å²) in [5, 5.41) is 2.05. The molecule has 0 N–H and O–H groups in total. The number of halogens is 2. The smallest absolute Gasteiger partial charge is 0.192 e. The Morgan fingerprint density at radius 2 is 1.41 bits per heavy atom. The Morgan fingerprint density at radius 3 is 2.09 bits per heavy atom. The number of benzene rings is 3. The van der Waals surface area contributed by atoms with Crippen LogP contribution in [0.5, 0.6) is 0 Å². The fourth-order valence-electron chi connectivity index (χ4n) is 2.44. The van der Waals surface area contributed by atoms with Gasteiger partial charge >= 0.3 is 0 Å². The molecule has 0 aliphatic heterocycles. The molecule has 0 radical (unpaired) electrons. The van der Waals surface area contributed by atoms with E-state index in [9.17, 15) is 4.57 Å². The maximum absolute atomic E-state index is 11.6. The van der Waals surface area contributed by atoms with Crippen LogP contribution < -0.4 is 5.30 Å². The van der Waals surface area contributed by atoms with Crippen LogP contribution in [0, 0.1) is 0 Å². The molecule has 3 rings (SSSR count). The van der Waals surface area contributed by atoms with Gasteiger partial charge in [-0.2, -0.15) is 0 Å². The highest BCUT2D eigenvalue weighted by Crippen LogP contribution is 2.36. The zero-order chi connectivity index (χ0) is 15.5. The van der Waals surface area contributed by atoms with Crippen LogP contribution in [-0.2, 0) is 4.57 Å². The molecule has 0 unspecified atom stereocenters. The van der Waals surface area contributed by atoms with Gasteiger partial charge in [-0.1, -0.05) is 65.7 Å². The molecule has 0 aromatic heterocycles. The van der Waals surface area contributed by atoms with Crippen LogP contribution >= 0.6 is 31.7 Å². The van der Waals surface area contributed by atoms with Crippen LogP contribution in [0.25, 0.3) is 22.3 Å². The number of rotatable bonds is 3. The fourth-order valence-corrected chi connectivity index (χ4v) is 3.29. The Labute approximate surface area is 140 Å². The molecule has 0 heterocycles. The van der Waals surface area contributed by atoms with Gasteiger partial charge in [-0.3, -0.25) is 4.57 Å². The largest absolute Gasteiger partial charge is 0.269 e. The van der Waals surface area contributed by atoms with Crippen molar-refractivity contribution < 1.29 is 4.57 Å². The second-order valence-electron chi connectivity index (χ2n) is 4.78. The molecule has 0 aliphatic carbocycles. The molecule has 0 atom stereocenters. The van der Waals surface area contributed by atoms with Gasteiger partial charge < -0.3 is 0 Å². The zero-order valence-electron chi connectivity index (χ0n) is 11.5. The topological polar surface area (TPSA) is 17.1 Å². The lowest BCUT2D eigenvalue weighted by Gasteiger charge is -2.13. The van der Waals surface area contributed by atoms with Gasteiger partial charge in [0, 0.05) is 21.2 Å². The van der Waals surface area contributed by atoms with E-state index in [1.165, 1.54) is 0 Å². The van der Waals surface area contributed by atoms with Crippen LogP contribution in [0.1, 0.15) is 0 Å². The third kappa shape index (κ3) is 2.94. The van der Waals surface area contributed by atoms with Gasteiger partial charge in [0.05, 0.1) is 5.30 Å².